The van der Waals surface area contributed by atoms with Crippen LogP contribution in [0.25, 0.3) is 0 Å². The quantitative estimate of drug-likeness (QED) is 0.851. The zero-order chi connectivity index (χ0) is 17.6. The molecule has 4 heteroatoms. The predicted molar refractivity (Wildman–Crippen MR) is 99.0 cm³/mol. The molecule has 1 heterocycles. The van der Waals surface area contributed by atoms with E-state index >= 15 is 0 Å². The van der Waals surface area contributed by atoms with Crippen molar-refractivity contribution in [2.75, 3.05) is 6.54 Å². The van der Waals surface area contributed by atoms with Crippen molar-refractivity contribution in [1.29, 1.82) is 0 Å². The second-order valence-corrected chi connectivity index (χ2v) is 7.63. The number of hydrogen-bond donors (Lipinski definition) is 1. The molecule has 136 valence electrons. The molecule has 0 bridgehead atoms. The molecule has 1 N–H and O–H groups in total. The van der Waals surface area contributed by atoms with Gasteiger partial charge in [0.05, 0.1) is 5.92 Å². The molecule has 1 aromatic rings. The highest BCUT2D eigenvalue weighted by Gasteiger charge is 2.34. The first-order valence-electron chi connectivity index (χ1n) is 9.76. The minimum atomic E-state index is -0.0641. The van der Waals surface area contributed by atoms with Crippen molar-refractivity contribution in [2.45, 2.75) is 70.9 Å². The van der Waals surface area contributed by atoms with Gasteiger partial charge >= 0.3 is 0 Å². The van der Waals surface area contributed by atoms with Crippen molar-refractivity contribution in [3.63, 3.8) is 0 Å². The molecule has 0 unspecified atom stereocenters. The van der Waals surface area contributed by atoms with Crippen LogP contribution in [-0.4, -0.2) is 29.3 Å². The summed E-state index contributed by atoms with van der Waals surface area (Å²) in [6.07, 6.45) is 8.36. The molecular weight excluding hydrogens is 312 g/mol. The number of benzene rings is 1. The molecule has 1 aliphatic heterocycles. The van der Waals surface area contributed by atoms with Crippen LogP contribution in [0.15, 0.2) is 24.3 Å². The van der Waals surface area contributed by atoms with E-state index in [2.05, 4.69) is 24.4 Å². The third-order valence-corrected chi connectivity index (χ3v) is 5.63. The number of amides is 2. The second kappa shape index (κ2) is 8.50. The summed E-state index contributed by atoms with van der Waals surface area (Å²) in [6, 6.07) is 8.56. The molecule has 25 heavy (non-hydrogen) atoms. The third kappa shape index (κ3) is 4.83. The number of hydrogen-bond acceptors (Lipinski definition) is 2. The van der Waals surface area contributed by atoms with Gasteiger partial charge in [0.2, 0.25) is 11.8 Å². The van der Waals surface area contributed by atoms with E-state index in [1.165, 1.54) is 31.2 Å². The van der Waals surface area contributed by atoms with Gasteiger partial charge in [-0.05, 0) is 31.7 Å². The maximum atomic E-state index is 12.6. The highest BCUT2D eigenvalue weighted by Crippen LogP contribution is 2.27. The summed E-state index contributed by atoms with van der Waals surface area (Å²) in [6.45, 7) is 3.22. The number of carbonyl (C=O) groups is 2. The van der Waals surface area contributed by atoms with E-state index in [1.807, 2.05) is 17.0 Å². The number of nitrogens with zero attached hydrogens (tertiary/aromatic N) is 1. The molecule has 1 atom stereocenters. The first kappa shape index (κ1) is 18.0. The molecule has 1 saturated heterocycles. The van der Waals surface area contributed by atoms with Gasteiger partial charge in [0.1, 0.15) is 0 Å². The molecule has 1 aromatic carbocycles. The first-order chi connectivity index (χ1) is 12.1. The van der Waals surface area contributed by atoms with Crippen LogP contribution in [0.4, 0.5) is 0 Å². The van der Waals surface area contributed by atoms with Gasteiger partial charge in [-0.3, -0.25) is 9.59 Å². The molecule has 3 rings (SSSR count). The van der Waals surface area contributed by atoms with Gasteiger partial charge in [0.15, 0.2) is 0 Å². The number of rotatable bonds is 4. The van der Waals surface area contributed by atoms with Crippen LogP contribution in [-0.2, 0) is 16.1 Å². The Hall–Kier alpha value is -1.84. The molecule has 2 amide bonds. The lowest BCUT2D eigenvalue weighted by atomic mass is 9.93. The summed E-state index contributed by atoms with van der Waals surface area (Å²) in [4.78, 5) is 27.0. The third-order valence-electron chi connectivity index (χ3n) is 5.63. The van der Waals surface area contributed by atoms with E-state index in [-0.39, 0.29) is 17.7 Å². The zero-order valence-corrected chi connectivity index (χ0v) is 15.3. The van der Waals surface area contributed by atoms with Gasteiger partial charge < -0.3 is 10.2 Å². The largest absolute Gasteiger partial charge is 0.352 e. The summed E-state index contributed by atoms with van der Waals surface area (Å²) in [5.74, 6) is 0.271. The van der Waals surface area contributed by atoms with E-state index in [0.717, 1.165) is 18.4 Å². The van der Waals surface area contributed by atoms with E-state index in [0.29, 0.717) is 32.0 Å². The number of likely N-dealkylation sites (tertiary alicyclic amines) is 1. The van der Waals surface area contributed by atoms with Crippen LogP contribution < -0.4 is 5.32 Å². The first-order valence-corrected chi connectivity index (χ1v) is 9.76. The van der Waals surface area contributed by atoms with Crippen molar-refractivity contribution >= 4 is 11.8 Å². The Balaban J connectivity index is 1.56. The van der Waals surface area contributed by atoms with Gasteiger partial charge in [0, 0.05) is 25.6 Å². The fourth-order valence-corrected chi connectivity index (χ4v) is 4.16. The highest BCUT2D eigenvalue weighted by atomic mass is 16.2. The smallest absolute Gasteiger partial charge is 0.225 e. The van der Waals surface area contributed by atoms with Crippen molar-refractivity contribution in [2.24, 2.45) is 5.92 Å². The Kier molecular flexibility index (Phi) is 6.11. The standard InChI is InChI=1S/C21H30N2O2/c1-16-7-6-8-17(13-16)14-22-21(25)18-11-12-20(24)23(15-18)19-9-4-2-3-5-10-19/h6-8,13,18-19H,2-5,9-12,14-15H2,1H3,(H,22,25)/t18-/m0/s1. The molecule has 0 radical (unpaired) electrons. The monoisotopic (exact) mass is 342 g/mol. The molecule has 2 aliphatic rings. The average molecular weight is 342 g/mol. The van der Waals surface area contributed by atoms with Crippen LogP contribution in [0.1, 0.15) is 62.5 Å². The van der Waals surface area contributed by atoms with Gasteiger partial charge in [-0.15, -0.1) is 0 Å². The molecular formula is C21H30N2O2. The number of aryl methyl sites for hydroxylation is 1. The molecule has 1 saturated carbocycles. The highest BCUT2D eigenvalue weighted by molar-refractivity contribution is 5.84. The van der Waals surface area contributed by atoms with E-state index in [9.17, 15) is 9.59 Å². The minimum Gasteiger partial charge on any atom is -0.352 e. The van der Waals surface area contributed by atoms with Crippen LogP contribution in [0, 0.1) is 12.8 Å². The fourth-order valence-electron chi connectivity index (χ4n) is 4.16. The summed E-state index contributed by atoms with van der Waals surface area (Å²) < 4.78 is 0. The zero-order valence-electron chi connectivity index (χ0n) is 15.3. The Morgan fingerprint density at radius 3 is 2.64 bits per heavy atom. The summed E-state index contributed by atoms with van der Waals surface area (Å²) >= 11 is 0. The second-order valence-electron chi connectivity index (χ2n) is 7.63. The lowest BCUT2D eigenvalue weighted by Crippen LogP contribution is -2.49. The summed E-state index contributed by atoms with van der Waals surface area (Å²) in [5.41, 5.74) is 2.33. The fraction of sp³-hybridized carbons (Fsp3) is 0.619. The van der Waals surface area contributed by atoms with Crippen molar-refractivity contribution in [1.82, 2.24) is 10.2 Å². The molecule has 0 spiro atoms. The number of carbonyl (C=O) groups excluding carboxylic acids is 2. The molecule has 2 fully saturated rings. The Bertz CT molecular complexity index is 606. The van der Waals surface area contributed by atoms with E-state index in [4.69, 9.17) is 0 Å². The average Bonchev–Trinajstić information content (AvgIpc) is 2.89. The summed E-state index contributed by atoms with van der Waals surface area (Å²) in [7, 11) is 0. The normalized spacial score (nSPS) is 22.5. The lowest BCUT2D eigenvalue weighted by Gasteiger charge is -2.37. The topological polar surface area (TPSA) is 49.4 Å². The Labute approximate surface area is 151 Å². The van der Waals surface area contributed by atoms with Gasteiger partial charge in [-0.2, -0.15) is 0 Å². The SMILES string of the molecule is Cc1cccc(CNC(=O)[C@H]2CCC(=O)N(C3CCCCCC3)C2)c1. The Morgan fingerprint density at radius 2 is 1.92 bits per heavy atom. The molecule has 4 nitrogen and oxygen atoms in total. The van der Waals surface area contributed by atoms with Crippen LogP contribution >= 0.6 is 0 Å². The van der Waals surface area contributed by atoms with Crippen molar-refractivity contribution in [3.8, 4) is 0 Å². The maximum absolute atomic E-state index is 12.6. The van der Waals surface area contributed by atoms with Crippen LogP contribution in [0.3, 0.4) is 0 Å². The molecule has 0 aromatic heterocycles. The Morgan fingerprint density at radius 1 is 1.16 bits per heavy atom. The van der Waals surface area contributed by atoms with Gasteiger partial charge in [0.25, 0.3) is 0 Å². The maximum Gasteiger partial charge on any atom is 0.225 e. The van der Waals surface area contributed by atoms with Crippen LogP contribution in [0.2, 0.25) is 0 Å². The van der Waals surface area contributed by atoms with Crippen molar-refractivity contribution < 1.29 is 9.59 Å². The van der Waals surface area contributed by atoms with Gasteiger partial charge in [-0.1, -0.05) is 55.5 Å². The minimum absolute atomic E-state index is 0.0641. The van der Waals surface area contributed by atoms with Crippen LogP contribution in [0.5, 0.6) is 0 Å². The molecule has 1 aliphatic carbocycles. The predicted octanol–water partition coefficient (Wildman–Crippen LogP) is 3.57. The van der Waals surface area contributed by atoms with Crippen molar-refractivity contribution in [3.05, 3.63) is 35.4 Å². The van der Waals surface area contributed by atoms with Gasteiger partial charge in [-0.25, -0.2) is 0 Å². The van der Waals surface area contributed by atoms with E-state index in [1.54, 1.807) is 0 Å². The lowest BCUT2D eigenvalue weighted by molar-refractivity contribution is -0.141. The number of nitrogens with one attached hydrogen (secondary N) is 1. The summed E-state index contributed by atoms with van der Waals surface area (Å²) in [5, 5.41) is 3.07. The number of piperidine rings is 1. The van der Waals surface area contributed by atoms with E-state index < -0.39 is 0 Å².